The highest BCUT2D eigenvalue weighted by Gasteiger charge is 2.32. The molecule has 64 valence electrons. The number of carbonyl (C=O) groups is 1. The average molecular weight is 167 g/mol. The van der Waals surface area contributed by atoms with Gasteiger partial charge in [-0.3, -0.25) is 9.48 Å². The summed E-state index contributed by atoms with van der Waals surface area (Å²) >= 11 is 0. The molecule has 0 fully saturated rings. The molecule has 1 aliphatic rings. The fourth-order valence-corrected chi connectivity index (χ4v) is 1.61. The van der Waals surface area contributed by atoms with E-state index in [0.29, 0.717) is 12.1 Å². The van der Waals surface area contributed by atoms with E-state index in [1.54, 1.807) is 11.7 Å². The minimum atomic E-state index is -0.797. The Morgan fingerprint density at radius 2 is 2.50 bits per heavy atom. The number of rotatable bonds is 1. The Bertz CT molecular complexity index is 331. The van der Waals surface area contributed by atoms with Crippen LogP contribution in [0.15, 0.2) is 0 Å². The summed E-state index contributed by atoms with van der Waals surface area (Å²) in [5.41, 5.74) is 1.60. The molecule has 0 amide bonds. The van der Waals surface area contributed by atoms with E-state index in [9.17, 15) is 4.79 Å². The molecule has 5 heteroatoms. The first-order valence-electron chi connectivity index (χ1n) is 3.81. The van der Waals surface area contributed by atoms with E-state index in [4.69, 9.17) is 5.11 Å². The predicted octanol–water partition coefficient (Wildman–Crippen LogP) is -0.0705. The Morgan fingerprint density at radius 1 is 1.75 bits per heavy atom. The summed E-state index contributed by atoms with van der Waals surface area (Å²) in [6.45, 7) is 0. The van der Waals surface area contributed by atoms with Gasteiger partial charge in [-0.25, -0.2) is 0 Å². The number of aliphatic carboxylic acids is 1. The van der Waals surface area contributed by atoms with Crippen molar-refractivity contribution in [3.8, 4) is 0 Å². The molecule has 0 radical (unpaired) electrons. The lowest BCUT2D eigenvalue weighted by atomic mass is 10.1. The third-order valence-corrected chi connectivity index (χ3v) is 2.27. The van der Waals surface area contributed by atoms with E-state index in [1.807, 2.05) is 0 Å². The fraction of sp³-hybridized carbons (Fsp3) is 0.571. The van der Waals surface area contributed by atoms with Crippen molar-refractivity contribution in [3.05, 3.63) is 11.4 Å². The summed E-state index contributed by atoms with van der Waals surface area (Å²) in [5.74, 6) is -1.23. The van der Waals surface area contributed by atoms with Gasteiger partial charge in [0.25, 0.3) is 0 Å². The molecule has 0 aliphatic heterocycles. The second-order valence-electron chi connectivity index (χ2n) is 2.97. The maximum Gasteiger partial charge on any atom is 0.312 e. The van der Waals surface area contributed by atoms with Crippen molar-refractivity contribution in [2.75, 3.05) is 0 Å². The van der Waals surface area contributed by atoms with Crippen LogP contribution in [0.4, 0.5) is 0 Å². The first-order valence-corrected chi connectivity index (χ1v) is 3.81. The SMILES string of the molecule is Cn1nnc2c1CCC2C(=O)O. The van der Waals surface area contributed by atoms with Gasteiger partial charge in [-0.1, -0.05) is 5.21 Å². The zero-order valence-electron chi connectivity index (χ0n) is 6.69. The van der Waals surface area contributed by atoms with Crippen LogP contribution in [0.25, 0.3) is 0 Å². The molecule has 12 heavy (non-hydrogen) atoms. The molecule has 1 unspecified atom stereocenters. The predicted molar refractivity (Wildman–Crippen MR) is 39.7 cm³/mol. The van der Waals surface area contributed by atoms with E-state index in [2.05, 4.69) is 10.3 Å². The first-order chi connectivity index (χ1) is 5.70. The lowest BCUT2D eigenvalue weighted by Crippen LogP contribution is -2.08. The van der Waals surface area contributed by atoms with Gasteiger partial charge in [-0.2, -0.15) is 0 Å². The van der Waals surface area contributed by atoms with Crippen LogP contribution in [-0.2, 0) is 18.3 Å². The normalized spacial score (nSPS) is 20.9. The van der Waals surface area contributed by atoms with Gasteiger partial charge in [0.05, 0.1) is 5.69 Å². The van der Waals surface area contributed by atoms with Gasteiger partial charge >= 0.3 is 5.97 Å². The first kappa shape index (κ1) is 7.27. The molecule has 0 saturated carbocycles. The van der Waals surface area contributed by atoms with Crippen molar-refractivity contribution in [2.24, 2.45) is 7.05 Å². The van der Waals surface area contributed by atoms with Crippen molar-refractivity contribution >= 4 is 5.97 Å². The van der Waals surface area contributed by atoms with Gasteiger partial charge in [-0.05, 0) is 12.8 Å². The van der Waals surface area contributed by atoms with Crippen molar-refractivity contribution in [2.45, 2.75) is 18.8 Å². The van der Waals surface area contributed by atoms with Crippen LogP contribution in [0, 0.1) is 0 Å². The van der Waals surface area contributed by atoms with Crippen LogP contribution in [0.5, 0.6) is 0 Å². The zero-order valence-corrected chi connectivity index (χ0v) is 6.69. The molecule has 0 bridgehead atoms. The lowest BCUT2D eigenvalue weighted by Gasteiger charge is -1.98. The number of aromatic nitrogens is 3. The average Bonchev–Trinajstić information content (AvgIpc) is 2.53. The molecule has 1 atom stereocenters. The van der Waals surface area contributed by atoms with Gasteiger partial charge < -0.3 is 5.11 Å². The maximum absolute atomic E-state index is 10.7. The van der Waals surface area contributed by atoms with E-state index in [1.165, 1.54) is 0 Å². The van der Waals surface area contributed by atoms with Crippen LogP contribution >= 0.6 is 0 Å². The van der Waals surface area contributed by atoms with Crippen LogP contribution in [0.3, 0.4) is 0 Å². The molecule has 0 aromatic carbocycles. The Labute approximate surface area is 69.0 Å². The van der Waals surface area contributed by atoms with Crippen molar-refractivity contribution in [3.63, 3.8) is 0 Å². The highest BCUT2D eigenvalue weighted by Crippen LogP contribution is 2.30. The summed E-state index contributed by atoms with van der Waals surface area (Å²) in [4.78, 5) is 10.7. The molecule has 1 aromatic heterocycles. The number of aryl methyl sites for hydroxylation is 1. The maximum atomic E-state index is 10.7. The molecular weight excluding hydrogens is 158 g/mol. The second kappa shape index (κ2) is 2.30. The summed E-state index contributed by atoms with van der Waals surface area (Å²) in [7, 11) is 1.79. The third-order valence-electron chi connectivity index (χ3n) is 2.27. The van der Waals surface area contributed by atoms with Gasteiger partial charge in [0.2, 0.25) is 0 Å². The number of nitrogens with zero attached hydrogens (tertiary/aromatic N) is 3. The summed E-state index contributed by atoms with van der Waals surface area (Å²) in [6.07, 6.45) is 1.43. The molecule has 0 spiro atoms. The molecule has 0 saturated heterocycles. The van der Waals surface area contributed by atoms with Gasteiger partial charge in [0, 0.05) is 7.05 Å². The molecular formula is C7H9N3O2. The highest BCUT2D eigenvalue weighted by molar-refractivity contribution is 5.76. The minimum absolute atomic E-state index is 0.436. The van der Waals surface area contributed by atoms with Gasteiger partial charge in [-0.15, -0.1) is 5.10 Å². The summed E-state index contributed by atoms with van der Waals surface area (Å²) in [6, 6.07) is 0. The van der Waals surface area contributed by atoms with E-state index >= 15 is 0 Å². The number of fused-ring (bicyclic) bond motifs is 1. The molecule has 1 heterocycles. The van der Waals surface area contributed by atoms with Crippen molar-refractivity contribution in [1.82, 2.24) is 15.0 Å². The Hall–Kier alpha value is -1.39. The van der Waals surface area contributed by atoms with E-state index < -0.39 is 11.9 Å². The third kappa shape index (κ3) is 0.823. The molecule has 1 N–H and O–H groups in total. The molecule has 1 aliphatic carbocycles. The van der Waals surface area contributed by atoms with Crippen LogP contribution in [0.2, 0.25) is 0 Å². The number of hydrogen-bond donors (Lipinski definition) is 1. The Kier molecular flexibility index (Phi) is 1.39. The van der Waals surface area contributed by atoms with Crippen LogP contribution in [0.1, 0.15) is 23.7 Å². The Balaban J connectivity index is 2.43. The zero-order chi connectivity index (χ0) is 8.72. The van der Waals surface area contributed by atoms with E-state index in [-0.39, 0.29) is 0 Å². The highest BCUT2D eigenvalue weighted by atomic mass is 16.4. The largest absolute Gasteiger partial charge is 0.481 e. The fourth-order valence-electron chi connectivity index (χ4n) is 1.61. The lowest BCUT2D eigenvalue weighted by molar-refractivity contribution is -0.138. The number of carboxylic acids is 1. The van der Waals surface area contributed by atoms with Crippen LogP contribution < -0.4 is 0 Å². The smallest absolute Gasteiger partial charge is 0.312 e. The number of carboxylic acid groups (broad SMARTS) is 1. The minimum Gasteiger partial charge on any atom is -0.481 e. The Morgan fingerprint density at radius 3 is 3.17 bits per heavy atom. The van der Waals surface area contributed by atoms with Crippen LogP contribution in [-0.4, -0.2) is 26.1 Å². The quantitative estimate of drug-likeness (QED) is 0.635. The van der Waals surface area contributed by atoms with Gasteiger partial charge in [0.15, 0.2) is 0 Å². The monoisotopic (exact) mass is 167 g/mol. The van der Waals surface area contributed by atoms with Crippen molar-refractivity contribution < 1.29 is 9.90 Å². The second-order valence-corrected chi connectivity index (χ2v) is 2.97. The number of hydrogen-bond acceptors (Lipinski definition) is 3. The van der Waals surface area contributed by atoms with Gasteiger partial charge in [0.1, 0.15) is 11.6 Å². The van der Waals surface area contributed by atoms with E-state index in [0.717, 1.165) is 12.1 Å². The summed E-state index contributed by atoms with van der Waals surface area (Å²) < 4.78 is 1.65. The topological polar surface area (TPSA) is 68.0 Å². The molecule has 5 nitrogen and oxygen atoms in total. The molecule has 1 aromatic rings. The standard InChI is InChI=1S/C7H9N3O2/c1-10-5-3-2-4(7(11)12)6(5)8-9-10/h4H,2-3H2,1H3,(H,11,12). The summed E-state index contributed by atoms with van der Waals surface area (Å²) in [5, 5.41) is 16.4. The van der Waals surface area contributed by atoms with Crippen molar-refractivity contribution in [1.29, 1.82) is 0 Å². The molecule has 2 rings (SSSR count).